The molecule has 20 heavy (non-hydrogen) atoms. The highest BCUT2D eigenvalue weighted by Crippen LogP contribution is 2.22. The monoisotopic (exact) mass is 286 g/mol. The number of aromatic nitrogens is 3. The second kappa shape index (κ2) is 5.05. The first-order chi connectivity index (χ1) is 9.63. The summed E-state index contributed by atoms with van der Waals surface area (Å²) >= 11 is 1.62. The third kappa shape index (κ3) is 2.42. The lowest BCUT2D eigenvalue weighted by Crippen LogP contribution is -2.25. The molecule has 0 aliphatic heterocycles. The van der Waals surface area contributed by atoms with Gasteiger partial charge in [-0.05, 0) is 12.1 Å². The molecule has 3 rings (SSSR count). The van der Waals surface area contributed by atoms with Gasteiger partial charge in [-0.1, -0.05) is 12.1 Å². The minimum Gasteiger partial charge on any atom is -0.335 e. The number of amides is 1. The Morgan fingerprint density at radius 1 is 1.40 bits per heavy atom. The summed E-state index contributed by atoms with van der Waals surface area (Å²) in [5.41, 5.74) is 1.57. The summed E-state index contributed by atoms with van der Waals surface area (Å²) < 4.78 is 2.77. The Kier molecular flexibility index (Phi) is 3.23. The molecule has 0 fully saturated rings. The highest BCUT2D eigenvalue weighted by Gasteiger charge is 2.15. The van der Waals surface area contributed by atoms with E-state index in [4.69, 9.17) is 0 Å². The van der Waals surface area contributed by atoms with Gasteiger partial charge < -0.3 is 4.90 Å². The molecule has 0 saturated heterocycles. The molecule has 0 aliphatic rings. The fraction of sp³-hybridized carbons (Fsp3) is 0.214. The fourth-order valence-corrected chi connectivity index (χ4v) is 3.04. The average molecular weight is 286 g/mol. The second-order valence-corrected chi connectivity index (χ2v) is 5.75. The molecule has 1 amide bonds. The van der Waals surface area contributed by atoms with E-state index in [1.807, 2.05) is 24.3 Å². The first-order valence-corrected chi connectivity index (χ1v) is 7.03. The zero-order chi connectivity index (χ0) is 14.1. The van der Waals surface area contributed by atoms with E-state index in [2.05, 4.69) is 10.1 Å². The predicted molar refractivity (Wildman–Crippen MR) is 78.6 cm³/mol. The Balaban J connectivity index is 1.78. The summed E-state index contributed by atoms with van der Waals surface area (Å²) in [6.07, 6.45) is 3.30. The van der Waals surface area contributed by atoms with Crippen LogP contribution in [0.25, 0.3) is 10.2 Å². The minimum atomic E-state index is -0.0441. The molecule has 0 atom stereocenters. The number of carbonyl (C=O) groups is 1. The van der Waals surface area contributed by atoms with Gasteiger partial charge in [-0.15, -0.1) is 11.3 Å². The summed E-state index contributed by atoms with van der Waals surface area (Å²) in [7, 11) is 3.58. The molecule has 6 heteroatoms. The molecule has 0 bridgehead atoms. The van der Waals surface area contributed by atoms with E-state index >= 15 is 0 Å². The summed E-state index contributed by atoms with van der Waals surface area (Å²) in [6, 6.07) is 7.99. The van der Waals surface area contributed by atoms with Gasteiger partial charge in [0, 0.05) is 20.3 Å². The van der Waals surface area contributed by atoms with E-state index in [1.54, 1.807) is 47.4 Å². The van der Waals surface area contributed by atoms with Gasteiger partial charge in [0.1, 0.15) is 5.01 Å². The lowest BCUT2D eigenvalue weighted by atomic mass is 10.3. The molecule has 3 aromatic rings. The smallest absolute Gasteiger partial charge is 0.257 e. The minimum absolute atomic E-state index is 0.0441. The van der Waals surface area contributed by atoms with Crippen LogP contribution in [0.1, 0.15) is 15.4 Å². The van der Waals surface area contributed by atoms with E-state index in [1.165, 1.54) is 0 Å². The van der Waals surface area contributed by atoms with E-state index < -0.39 is 0 Å². The second-order valence-electron chi connectivity index (χ2n) is 4.64. The molecule has 0 radical (unpaired) electrons. The van der Waals surface area contributed by atoms with Crippen LogP contribution in [-0.4, -0.2) is 32.6 Å². The molecule has 0 aliphatic carbocycles. The number of hydrogen-bond donors (Lipinski definition) is 0. The largest absolute Gasteiger partial charge is 0.335 e. The zero-order valence-electron chi connectivity index (χ0n) is 11.3. The van der Waals surface area contributed by atoms with Gasteiger partial charge in [-0.3, -0.25) is 9.48 Å². The molecular weight excluding hydrogens is 272 g/mol. The lowest BCUT2D eigenvalue weighted by Gasteiger charge is -2.14. The van der Waals surface area contributed by atoms with Crippen molar-refractivity contribution in [3.8, 4) is 0 Å². The number of para-hydroxylation sites is 1. The van der Waals surface area contributed by atoms with Gasteiger partial charge in [-0.2, -0.15) is 5.10 Å². The Morgan fingerprint density at radius 2 is 2.20 bits per heavy atom. The third-order valence-electron chi connectivity index (χ3n) is 3.01. The number of thiazole rings is 1. The van der Waals surface area contributed by atoms with Crippen molar-refractivity contribution < 1.29 is 4.79 Å². The van der Waals surface area contributed by atoms with Crippen LogP contribution in [0.4, 0.5) is 0 Å². The number of benzene rings is 1. The maximum Gasteiger partial charge on any atom is 0.257 e. The van der Waals surface area contributed by atoms with Crippen molar-refractivity contribution in [3.63, 3.8) is 0 Å². The number of aryl methyl sites for hydroxylation is 1. The average Bonchev–Trinajstić information content (AvgIpc) is 3.03. The SMILES string of the molecule is CN(Cc1nc2ccccc2s1)C(=O)c1cnn(C)c1. The van der Waals surface area contributed by atoms with Crippen LogP contribution in [-0.2, 0) is 13.6 Å². The van der Waals surface area contributed by atoms with Crippen molar-refractivity contribution in [2.45, 2.75) is 6.54 Å². The predicted octanol–water partition coefficient (Wildman–Crippen LogP) is 2.30. The van der Waals surface area contributed by atoms with Crippen LogP contribution in [0.3, 0.4) is 0 Å². The first kappa shape index (κ1) is 12.8. The maximum atomic E-state index is 12.2. The lowest BCUT2D eigenvalue weighted by molar-refractivity contribution is 0.0785. The Morgan fingerprint density at radius 3 is 2.90 bits per heavy atom. The topological polar surface area (TPSA) is 51.0 Å². The molecule has 0 N–H and O–H groups in total. The molecule has 0 unspecified atom stereocenters. The molecule has 2 heterocycles. The van der Waals surface area contributed by atoms with Crippen LogP contribution in [0.5, 0.6) is 0 Å². The van der Waals surface area contributed by atoms with Gasteiger partial charge >= 0.3 is 0 Å². The quantitative estimate of drug-likeness (QED) is 0.742. The fourth-order valence-electron chi connectivity index (χ4n) is 2.01. The molecule has 0 saturated carbocycles. The van der Waals surface area contributed by atoms with Gasteiger partial charge in [0.2, 0.25) is 0 Å². The van der Waals surface area contributed by atoms with Crippen molar-refractivity contribution >= 4 is 27.5 Å². The molecular formula is C14H14N4OS. The number of carbonyl (C=O) groups excluding carboxylic acids is 1. The standard InChI is InChI=1S/C14H14N4OS/c1-17(14(19)10-7-15-18(2)8-10)9-13-16-11-5-3-4-6-12(11)20-13/h3-8H,9H2,1-2H3. The Hall–Kier alpha value is -2.21. The first-order valence-electron chi connectivity index (χ1n) is 6.22. The van der Waals surface area contributed by atoms with Crippen molar-refractivity contribution in [3.05, 3.63) is 47.2 Å². The molecule has 0 spiro atoms. The van der Waals surface area contributed by atoms with Crippen LogP contribution in [0.15, 0.2) is 36.7 Å². The van der Waals surface area contributed by atoms with Crippen molar-refractivity contribution in [1.29, 1.82) is 0 Å². The Labute approximate surface area is 120 Å². The normalized spacial score (nSPS) is 10.9. The van der Waals surface area contributed by atoms with E-state index in [0.717, 1.165) is 15.2 Å². The van der Waals surface area contributed by atoms with Crippen LogP contribution in [0, 0.1) is 0 Å². The molecule has 2 aromatic heterocycles. The highest BCUT2D eigenvalue weighted by molar-refractivity contribution is 7.18. The molecule has 102 valence electrons. The zero-order valence-corrected chi connectivity index (χ0v) is 12.1. The van der Waals surface area contributed by atoms with Gasteiger partial charge in [0.15, 0.2) is 0 Å². The van der Waals surface area contributed by atoms with E-state index in [0.29, 0.717) is 12.1 Å². The molecule has 1 aromatic carbocycles. The van der Waals surface area contributed by atoms with Crippen molar-refractivity contribution in [2.24, 2.45) is 7.05 Å². The van der Waals surface area contributed by atoms with Crippen LogP contribution >= 0.6 is 11.3 Å². The summed E-state index contributed by atoms with van der Waals surface area (Å²) in [5.74, 6) is -0.0441. The number of nitrogens with zero attached hydrogens (tertiary/aromatic N) is 4. The Bertz CT molecular complexity index is 728. The van der Waals surface area contributed by atoms with E-state index in [9.17, 15) is 4.79 Å². The summed E-state index contributed by atoms with van der Waals surface area (Å²) in [5, 5.41) is 4.95. The van der Waals surface area contributed by atoms with Crippen molar-refractivity contribution in [1.82, 2.24) is 19.7 Å². The van der Waals surface area contributed by atoms with Crippen molar-refractivity contribution in [2.75, 3.05) is 7.05 Å². The summed E-state index contributed by atoms with van der Waals surface area (Å²) in [6.45, 7) is 0.507. The van der Waals surface area contributed by atoms with E-state index in [-0.39, 0.29) is 5.91 Å². The highest BCUT2D eigenvalue weighted by atomic mass is 32.1. The number of fused-ring (bicyclic) bond motifs is 1. The summed E-state index contributed by atoms with van der Waals surface area (Å²) in [4.78, 5) is 18.4. The van der Waals surface area contributed by atoms with Crippen LogP contribution < -0.4 is 0 Å². The van der Waals surface area contributed by atoms with Gasteiger partial charge in [0.05, 0.1) is 28.5 Å². The maximum absolute atomic E-state index is 12.2. The number of rotatable bonds is 3. The van der Waals surface area contributed by atoms with Gasteiger partial charge in [-0.25, -0.2) is 4.98 Å². The number of hydrogen-bond acceptors (Lipinski definition) is 4. The van der Waals surface area contributed by atoms with Gasteiger partial charge in [0.25, 0.3) is 5.91 Å². The van der Waals surface area contributed by atoms with Crippen LogP contribution in [0.2, 0.25) is 0 Å². The third-order valence-corrected chi connectivity index (χ3v) is 4.03. The molecule has 5 nitrogen and oxygen atoms in total.